The Bertz CT molecular complexity index is 807. The van der Waals surface area contributed by atoms with Gasteiger partial charge < -0.3 is 5.32 Å². The Morgan fingerprint density at radius 2 is 1.84 bits per heavy atom. The van der Waals surface area contributed by atoms with Gasteiger partial charge in [-0.2, -0.15) is 4.31 Å². The number of hydrogen-bond donors (Lipinski definition) is 1. The quantitative estimate of drug-likeness (QED) is 0.783. The van der Waals surface area contributed by atoms with Gasteiger partial charge in [0.1, 0.15) is 0 Å². The summed E-state index contributed by atoms with van der Waals surface area (Å²) in [5.74, 6) is -0.204. The molecule has 0 saturated heterocycles. The first-order valence-electron chi connectivity index (χ1n) is 8.12. The molecule has 7 heteroatoms. The van der Waals surface area contributed by atoms with Crippen molar-refractivity contribution in [3.8, 4) is 0 Å². The zero-order valence-corrected chi connectivity index (χ0v) is 15.3. The Kier molecular flexibility index (Phi) is 6.66. The molecule has 25 heavy (non-hydrogen) atoms. The summed E-state index contributed by atoms with van der Waals surface area (Å²) in [5, 5.41) is 2.86. The molecule has 0 aliphatic carbocycles. The normalized spacial score (nSPS) is 11.5. The van der Waals surface area contributed by atoms with E-state index in [0.29, 0.717) is 0 Å². The number of carbonyl (C=O) groups is 1. The predicted molar refractivity (Wildman–Crippen MR) is 98.6 cm³/mol. The third kappa shape index (κ3) is 5.95. The number of amides is 1. The third-order valence-electron chi connectivity index (χ3n) is 3.84. The molecule has 134 valence electrons. The van der Waals surface area contributed by atoms with Gasteiger partial charge in [0.2, 0.25) is 15.9 Å². The van der Waals surface area contributed by atoms with Crippen molar-refractivity contribution in [3.05, 3.63) is 59.9 Å². The van der Waals surface area contributed by atoms with E-state index in [9.17, 15) is 13.2 Å². The lowest BCUT2D eigenvalue weighted by atomic mass is 10.1. The summed E-state index contributed by atoms with van der Waals surface area (Å²) in [7, 11) is -3.41. The van der Waals surface area contributed by atoms with E-state index in [1.165, 1.54) is 4.31 Å². The molecule has 0 spiro atoms. The molecule has 0 atom stereocenters. The summed E-state index contributed by atoms with van der Waals surface area (Å²) in [4.78, 5) is 16.1. The van der Waals surface area contributed by atoms with Crippen LogP contribution in [0.3, 0.4) is 0 Å². The molecule has 1 aromatic carbocycles. The van der Waals surface area contributed by atoms with Gasteiger partial charge in [-0.05, 0) is 35.7 Å². The first-order chi connectivity index (χ1) is 11.9. The molecule has 1 amide bonds. The fourth-order valence-corrected chi connectivity index (χ4v) is 3.25. The van der Waals surface area contributed by atoms with Crippen LogP contribution in [0.5, 0.6) is 0 Å². The van der Waals surface area contributed by atoms with Crippen LogP contribution in [0.4, 0.5) is 5.69 Å². The van der Waals surface area contributed by atoms with Crippen LogP contribution in [0.25, 0.3) is 0 Å². The Labute approximate surface area is 148 Å². The molecule has 1 N–H and O–H groups in total. The van der Waals surface area contributed by atoms with E-state index in [1.807, 2.05) is 31.2 Å². The molecule has 0 aliphatic heterocycles. The average Bonchev–Trinajstić information content (AvgIpc) is 2.59. The lowest BCUT2D eigenvalue weighted by Gasteiger charge is -2.20. The van der Waals surface area contributed by atoms with Crippen molar-refractivity contribution in [2.75, 3.05) is 18.1 Å². The number of nitrogens with zero attached hydrogens (tertiary/aromatic N) is 2. The number of anilines is 1. The minimum atomic E-state index is -3.41. The van der Waals surface area contributed by atoms with E-state index in [4.69, 9.17) is 0 Å². The highest BCUT2D eigenvalue weighted by atomic mass is 32.2. The Morgan fingerprint density at radius 1 is 1.16 bits per heavy atom. The molecule has 0 radical (unpaired) electrons. The SMILES string of the molecule is CCc1ccccc1NC(=O)CCN(Cc1ccncc1)S(C)(=O)=O. The van der Waals surface area contributed by atoms with Gasteiger partial charge in [-0.15, -0.1) is 0 Å². The second-order valence-corrected chi connectivity index (χ2v) is 7.74. The van der Waals surface area contributed by atoms with Crippen LogP contribution in [0.1, 0.15) is 24.5 Å². The van der Waals surface area contributed by atoms with Gasteiger partial charge >= 0.3 is 0 Å². The second-order valence-electron chi connectivity index (χ2n) is 5.76. The lowest BCUT2D eigenvalue weighted by molar-refractivity contribution is -0.116. The smallest absolute Gasteiger partial charge is 0.225 e. The predicted octanol–water partition coefficient (Wildman–Crippen LogP) is 2.43. The minimum absolute atomic E-state index is 0.0935. The number of carbonyl (C=O) groups excluding carboxylic acids is 1. The monoisotopic (exact) mass is 361 g/mol. The molecular formula is C18H23N3O3S. The number of aromatic nitrogens is 1. The molecule has 0 aliphatic rings. The maximum atomic E-state index is 12.2. The molecule has 6 nitrogen and oxygen atoms in total. The maximum Gasteiger partial charge on any atom is 0.225 e. The van der Waals surface area contributed by atoms with Crippen LogP contribution in [-0.4, -0.2) is 36.4 Å². The highest BCUT2D eigenvalue weighted by molar-refractivity contribution is 7.88. The lowest BCUT2D eigenvalue weighted by Crippen LogP contribution is -2.32. The van der Waals surface area contributed by atoms with Crippen molar-refractivity contribution in [1.29, 1.82) is 0 Å². The summed E-state index contributed by atoms with van der Waals surface area (Å²) >= 11 is 0. The van der Waals surface area contributed by atoms with Crippen LogP contribution >= 0.6 is 0 Å². The highest BCUT2D eigenvalue weighted by Crippen LogP contribution is 2.16. The fourth-order valence-electron chi connectivity index (χ4n) is 2.44. The Hall–Kier alpha value is -2.25. The molecule has 0 fully saturated rings. The van der Waals surface area contributed by atoms with Gasteiger partial charge in [0.15, 0.2) is 0 Å². The van der Waals surface area contributed by atoms with Gasteiger partial charge in [-0.1, -0.05) is 25.1 Å². The highest BCUT2D eigenvalue weighted by Gasteiger charge is 2.18. The minimum Gasteiger partial charge on any atom is -0.326 e. The molecule has 0 unspecified atom stereocenters. The number of aryl methyl sites for hydroxylation is 1. The number of pyridine rings is 1. The maximum absolute atomic E-state index is 12.2. The van der Waals surface area contributed by atoms with Crippen molar-refractivity contribution in [2.45, 2.75) is 26.3 Å². The molecule has 0 bridgehead atoms. The zero-order chi connectivity index (χ0) is 18.3. The Balaban J connectivity index is 1.99. The number of benzene rings is 1. The van der Waals surface area contributed by atoms with E-state index in [2.05, 4.69) is 10.3 Å². The number of rotatable bonds is 8. The van der Waals surface area contributed by atoms with E-state index < -0.39 is 10.0 Å². The number of hydrogen-bond acceptors (Lipinski definition) is 4. The number of para-hydroxylation sites is 1. The molecule has 1 heterocycles. The van der Waals surface area contributed by atoms with Crippen molar-refractivity contribution in [1.82, 2.24) is 9.29 Å². The van der Waals surface area contributed by atoms with Gasteiger partial charge in [-0.25, -0.2) is 8.42 Å². The van der Waals surface area contributed by atoms with Crippen molar-refractivity contribution in [3.63, 3.8) is 0 Å². The van der Waals surface area contributed by atoms with Crippen LogP contribution in [0.2, 0.25) is 0 Å². The van der Waals surface area contributed by atoms with Crippen LogP contribution in [0, 0.1) is 0 Å². The Morgan fingerprint density at radius 3 is 2.48 bits per heavy atom. The zero-order valence-electron chi connectivity index (χ0n) is 14.5. The average molecular weight is 361 g/mol. The van der Waals surface area contributed by atoms with Crippen LogP contribution in [-0.2, 0) is 27.8 Å². The number of sulfonamides is 1. The van der Waals surface area contributed by atoms with Crippen LogP contribution < -0.4 is 5.32 Å². The first kappa shape index (κ1) is 19.1. The summed E-state index contributed by atoms with van der Waals surface area (Å²) in [5.41, 5.74) is 2.65. The van der Waals surface area contributed by atoms with Crippen molar-refractivity contribution >= 4 is 21.6 Å². The number of nitrogens with one attached hydrogen (secondary N) is 1. The summed E-state index contributed by atoms with van der Waals surface area (Å²) < 4.78 is 25.3. The fraction of sp³-hybridized carbons (Fsp3) is 0.333. The first-order valence-corrected chi connectivity index (χ1v) is 9.96. The van der Waals surface area contributed by atoms with Gasteiger partial charge in [0, 0.05) is 37.6 Å². The molecule has 2 aromatic rings. The second kappa shape index (κ2) is 8.73. The summed E-state index contributed by atoms with van der Waals surface area (Å²) in [6.07, 6.45) is 5.29. The van der Waals surface area contributed by atoms with Gasteiger partial charge in [0.05, 0.1) is 6.26 Å². The molecule has 1 aromatic heterocycles. The third-order valence-corrected chi connectivity index (χ3v) is 5.09. The topological polar surface area (TPSA) is 79.4 Å². The van der Waals surface area contributed by atoms with E-state index in [0.717, 1.165) is 29.5 Å². The standard InChI is InChI=1S/C18H23N3O3S/c1-3-16-6-4-5-7-17(16)20-18(22)10-13-21(25(2,23)24)14-15-8-11-19-12-9-15/h4-9,11-12H,3,10,13-14H2,1-2H3,(H,20,22). The van der Waals surface area contributed by atoms with E-state index >= 15 is 0 Å². The van der Waals surface area contributed by atoms with Gasteiger partial charge in [-0.3, -0.25) is 9.78 Å². The molecular weight excluding hydrogens is 338 g/mol. The van der Waals surface area contributed by atoms with Crippen molar-refractivity contribution in [2.24, 2.45) is 0 Å². The van der Waals surface area contributed by atoms with E-state index in [1.54, 1.807) is 24.5 Å². The van der Waals surface area contributed by atoms with Crippen LogP contribution in [0.15, 0.2) is 48.8 Å². The van der Waals surface area contributed by atoms with Gasteiger partial charge in [0.25, 0.3) is 0 Å². The molecule has 0 saturated carbocycles. The summed E-state index contributed by atoms with van der Waals surface area (Å²) in [6.45, 7) is 2.37. The van der Waals surface area contributed by atoms with E-state index in [-0.39, 0.29) is 25.4 Å². The molecule has 2 rings (SSSR count). The van der Waals surface area contributed by atoms with Crippen molar-refractivity contribution < 1.29 is 13.2 Å². The summed E-state index contributed by atoms with van der Waals surface area (Å²) in [6, 6.07) is 11.1. The largest absolute Gasteiger partial charge is 0.326 e.